The summed E-state index contributed by atoms with van der Waals surface area (Å²) in [6, 6.07) is 5.31. The number of nitrogens with one attached hydrogen (secondary N) is 1. The molecule has 1 aromatic heterocycles. The largest absolute Gasteiger partial charge is 0.352 e. The molecule has 1 unspecified atom stereocenters. The summed E-state index contributed by atoms with van der Waals surface area (Å²) in [5, 5.41) is 2.83. The van der Waals surface area contributed by atoms with Crippen molar-refractivity contribution in [3.05, 3.63) is 28.5 Å². The number of halogens is 1. The van der Waals surface area contributed by atoms with Gasteiger partial charge in [0.25, 0.3) is 5.91 Å². The number of carbonyl (C=O) groups excluding carboxylic acids is 2. The summed E-state index contributed by atoms with van der Waals surface area (Å²) in [5.74, 6) is -0.154. The molecule has 1 aliphatic rings. The SMILES string of the molecule is CC(=O)NC1CCN(C(=O)c2cccc(Br)n2)C1. The molecule has 0 spiro atoms. The third kappa shape index (κ3) is 3.07. The highest BCUT2D eigenvalue weighted by molar-refractivity contribution is 9.10. The van der Waals surface area contributed by atoms with E-state index in [1.54, 1.807) is 23.1 Å². The van der Waals surface area contributed by atoms with Crippen LogP contribution in [0.1, 0.15) is 23.8 Å². The van der Waals surface area contributed by atoms with Gasteiger partial charge in [0, 0.05) is 26.1 Å². The smallest absolute Gasteiger partial charge is 0.272 e. The van der Waals surface area contributed by atoms with Crippen molar-refractivity contribution in [2.75, 3.05) is 13.1 Å². The fraction of sp³-hybridized carbons (Fsp3) is 0.417. The number of nitrogens with zero attached hydrogens (tertiary/aromatic N) is 2. The number of rotatable bonds is 2. The normalized spacial score (nSPS) is 18.8. The summed E-state index contributed by atoms with van der Waals surface area (Å²) in [7, 11) is 0. The molecule has 1 atom stereocenters. The van der Waals surface area contributed by atoms with Gasteiger partial charge in [-0.3, -0.25) is 9.59 Å². The van der Waals surface area contributed by atoms with E-state index in [1.165, 1.54) is 6.92 Å². The Morgan fingerprint density at radius 3 is 2.94 bits per heavy atom. The minimum atomic E-state index is -0.0934. The first-order valence-corrected chi connectivity index (χ1v) is 6.54. The predicted molar refractivity (Wildman–Crippen MR) is 70.1 cm³/mol. The number of hydrogen-bond acceptors (Lipinski definition) is 3. The van der Waals surface area contributed by atoms with Crippen LogP contribution in [0, 0.1) is 0 Å². The number of hydrogen-bond donors (Lipinski definition) is 1. The summed E-state index contributed by atoms with van der Waals surface area (Å²) < 4.78 is 0.644. The lowest BCUT2D eigenvalue weighted by atomic mass is 10.2. The van der Waals surface area contributed by atoms with Crippen LogP contribution in [0.4, 0.5) is 0 Å². The van der Waals surface area contributed by atoms with E-state index >= 15 is 0 Å². The molecular formula is C12H14BrN3O2. The lowest BCUT2D eigenvalue weighted by Crippen LogP contribution is -2.37. The van der Waals surface area contributed by atoms with Gasteiger partial charge in [-0.15, -0.1) is 0 Å². The second-order valence-corrected chi connectivity index (χ2v) is 5.10. The Balaban J connectivity index is 2.01. The van der Waals surface area contributed by atoms with Crippen LogP contribution in [0.3, 0.4) is 0 Å². The van der Waals surface area contributed by atoms with Crippen molar-refractivity contribution in [2.24, 2.45) is 0 Å². The molecule has 1 saturated heterocycles. The minimum Gasteiger partial charge on any atom is -0.352 e. The molecule has 0 aliphatic carbocycles. The minimum absolute atomic E-state index is 0.0543. The molecule has 6 heteroatoms. The quantitative estimate of drug-likeness (QED) is 0.835. The third-order valence-corrected chi connectivity index (χ3v) is 3.26. The van der Waals surface area contributed by atoms with Gasteiger partial charge in [-0.05, 0) is 34.5 Å². The van der Waals surface area contributed by atoms with Crippen molar-refractivity contribution in [3.63, 3.8) is 0 Å². The second-order valence-electron chi connectivity index (χ2n) is 4.28. The summed E-state index contributed by atoms with van der Waals surface area (Å²) in [4.78, 5) is 29.0. The Labute approximate surface area is 114 Å². The van der Waals surface area contributed by atoms with E-state index in [1.807, 2.05) is 0 Å². The van der Waals surface area contributed by atoms with E-state index in [-0.39, 0.29) is 17.9 Å². The first-order chi connectivity index (χ1) is 8.56. The maximum Gasteiger partial charge on any atom is 0.272 e. The molecule has 0 aromatic carbocycles. The van der Waals surface area contributed by atoms with Crippen LogP contribution in [0.2, 0.25) is 0 Å². The molecule has 0 saturated carbocycles. The molecule has 1 aromatic rings. The number of likely N-dealkylation sites (tertiary alicyclic amines) is 1. The Bertz CT molecular complexity index is 478. The molecule has 1 N–H and O–H groups in total. The number of carbonyl (C=O) groups is 2. The van der Waals surface area contributed by atoms with Crippen molar-refractivity contribution in [1.82, 2.24) is 15.2 Å². The molecule has 18 heavy (non-hydrogen) atoms. The van der Waals surface area contributed by atoms with Crippen molar-refractivity contribution in [1.29, 1.82) is 0 Å². The summed E-state index contributed by atoms with van der Waals surface area (Å²) in [5.41, 5.74) is 0.424. The average molecular weight is 312 g/mol. The number of pyridine rings is 1. The van der Waals surface area contributed by atoms with Crippen LogP contribution in [0.25, 0.3) is 0 Å². The molecular weight excluding hydrogens is 298 g/mol. The van der Waals surface area contributed by atoms with Crippen molar-refractivity contribution in [2.45, 2.75) is 19.4 Å². The Hall–Kier alpha value is -1.43. The molecule has 96 valence electrons. The van der Waals surface area contributed by atoms with Gasteiger partial charge in [-0.2, -0.15) is 0 Å². The fourth-order valence-corrected chi connectivity index (χ4v) is 2.38. The first-order valence-electron chi connectivity index (χ1n) is 5.75. The molecule has 5 nitrogen and oxygen atoms in total. The van der Waals surface area contributed by atoms with Gasteiger partial charge < -0.3 is 10.2 Å². The maximum absolute atomic E-state index is 12.2. The van der Waals surface area contributed by atoms with E-state index in [0.717, 1.165) is 6.42 Å². The van der Waals surface area contributed by atoms with E-state index in [4.69, 9.17) is 0 Å². The monoisotopic (exact) mass is 311 g/mol. The van der Waals surface area contributed by atoms with Gasteiger partial charge in [0.05, 0.1) is 0 Å². The average Bonchev–Trinajstić information content (AvgIpc) is 2.75. The zero-order valence-corrected chi connectivity index (χ0v) is 11.6. The molecule has 2 amide bonds. The highest BCUT2D eigenvalue weighted by Crippen LogP contribution is 2.14. The van der Waals surface area contributed by atoms with Crippen LogP contribution in [-0.4, -0.2) is 40.8 Å². The lowest BCUT2D eigenvalue weighted by molar-refractivity contribution is -0.119. The molecule has 1 aliphatic heterocycles. The van der Waals surface area contributed by atoms with Crippen molar-refractivity contribution < 1.29 is 9.59 Å². The molecule has 1 fully saturated rings. The Morgan fingerprint density at radius 1 is 1.50 bits per heavy atom. The van der Waals surface area contributed by atoms with Crippen molar-refractivity contribution >= 4 is 27.7 Å². The van der Waals surface area contributed by atoms with E-state index in [9.17, 15) is 9.59 Å². The Morgan fingerprint density at radius 2 is 2.28 bits per heavy atom. The standard InChI is InChI=1S/C12H14BrN3O2/c1-8(17)14-9-5-6-16(7-9)12(18)10-3-2-4-11(13)15-10/h2-4,9H,5-7H2,1H3,(H,14,17). The second kappa shape index (κ2) is 5.48. The van der Waals surface area contributed by atoms with E-state index in [2.05, 4.69) is 26.2 Å². The van der Waals surface area contributed by atoms with Gasteiger partial charge in [0.1, 0.15) is 10.3 Å². The zero-order chi connectivity index (χ0) is 13.1. The van der Waals surface area contributed by atoms with Crippen LogP contribution in [-0.2, 0) is 4.79 Å². The fourth-order valence-electron chi connectivity index (χ4n) is 2.04. The van der Waals surface area contributed by atoms with Crippen LogP contribution in [0.15, 0.2) is 22.8 Å². The van der Waals surface area contributed by atoms with Gasteiger partial charge >= 0.3 is 0 Å². The summed E-state index contributed by atoms with van der Waals surface area (Å²) in [6.07, 6.45) is 0.791. The van der Waals surface area contributed by atoms with Gasteiger partial charge in [0.15, 0.2) is 0 Å². The van der Waals surface area contributed by atoms with Gasteiger partial charge in [0.2, 0.25) is 5.91 Å². The maximum atomic E-state index is 12.2. The summed E-state index contributed by atoms with van der Waals surface area (Å²) in [6.45, 7) is 2.69. The van der Waals surface area contributed by atoms with Gasteiger partial charge in [-0.1, -0.05) is 6.07 Å². The highest BCUT2D eigenvalue weighted by Gasteiger charge is 2.27. The zero-order valence-electron chi connectivity index (χ0n) is 10.0. The van der Waals surface area contributed by atoms with Gasteiger partial charge in [-0.25, -0.2) is 4.98 Å². The van der Waals surface area contributed by atoms with Crippen LogP contribution < -0.4 is 5.32 Å². The van der Waals surface area contributed by atoms with E-state index in [0.29, 0.717) is 23.4 Å². The van der Waals surface area contributed by atoms with Crippen molar-refractivity contribution in [3.8, 4) is 0 Å². The highest BCUT2D eigenvalue weighted by atomic mass is 79.9. The first kappa shape index (κ1) is 13.0. The topological polar surface area (TPSA) is 62.3 Å². The van der Waals surface area contributed by atoms with E-state index < -0.39 is 0 Å². The molecule has 2 heterocycles. The lowest BCUT2D eigenvalue weighted by Gasteiger charge is -2.16. The summed E-state index contributed by atoms with van der Waals surface area (Å²) >= 11 is 3.24. The molecule has 0 bridgehead atoms. The van der Waals surface area contributed by atoms with Crippen LogP contribution in [0.5, 0.6) is 0 Å². The molecule has 2 rings (SSSR count). The number of aromatic nitrogens is 1. The Kier molecular flexibility index (Phi) is 3.96. The van der Waals surface area contributed by atoms with Crippen LogP contribution >= 0.6 is 15.9 Å². The predicted octanol–water partition coefficient (Wildman–Crippen LogP) is 1.19. The third-order valence-electron chi connectivity index (χ3n) is 2.82. The number of amides is 2. The molecule has 0 radical (unpaired) electrons.